The minimum absolute atomic E-state index is 0.0668. The fraction of sp³-hybridized carbons (Fsp3) is 0. The molecule has 6 heteroatoms. The molecule has 22 heavy (non-hydrogen) atoms. The van der Waals surface area contributed by atoms with Crippen LogP contribution in [-0.4, -0.2) is 10.9 Å². The topological polar surface area (TPSA) is 36.4 Å². The summed E-state index contributed by atoms with van der Waals surface area (Å²) in [6.07, 6.45) is 1.35. The maximum atomic E-state index is 5.62. The highest BCUT2D eigenvalue weighted by Crippen LogP contribution is 2.08. The summed E-state index contributed by atoms with van der Waals surface area (Å²) in [5.74, 6) is 0.549. The lowest BCUT2D eigenvalue weighted by molar-refractivity contribution is 1.32. The van der Waals surface area contributed by atoms with Gasteiger partial charge >= 0.3 is 0 Å². The van der Waals surface area contributed by atoms with Gasteiger partial charge in [0.15, 0.2) is 5.11 Å². The maximum absolute atomic E-state index is 5.62. The van der Waals surface area contributed by atoms with Gasteiger partial charge in [-0.2, -0.15) is 0 Å². The molecule has 0 aromatic heterocycles. The first-order chi connectivity index (χ1) is 10.6. The largest absolute Gasteiger partial charge is 0.332 e. The zero-order valence-corrected chi connectivity index (χ0v) is 13.8. The van der Waals surface area contributed by atoms with E-state index in [0.717, 1.165) is 11.3 Å². The number of nitrogens with one attached hydrogen (secondary N) is 2. The molecule has 2 aromatic rings. The van der Waals surface area contributed by atoms with Crippen LogP contribution in [0.2, 0.25) is 0 Å². The molecule has 0 heterocycles. The summed E-state index contributed by atoms with van der Waals surface area (Å²) in [7, 11) is 0. The molecular formula is C16H13Cl2N3S. The fourth-order valence-corrected chi connectivity index (χ4v) is 1.99. The van der Waals surface area contributed by atoms with Crippen molar-refractivity contribution in [3.05, 3.63) is 76.9 Å². The summed E-state index contributed by atoms with van der Waals surface area (Å²) in [4.78, 5) is 4.23. The van der Waals surface area contributed by atoms with Crippen molar-refractivity contribution in [2.45, 2.75) is 0 Å². The average Bonchev–Trinajstić information content (AvgIpc) is 2.53. The summed E-state index contributed by atoms with van der Waals surface area (Å²) in [6.45, 7) is 0. The Morgan fingerprint density at radius 3 is 2.14 bits per heavy atom. The van der Waals surface area contributed by atoms with Crippen molar-refractivity contribution < 1.29 is 0 Å². The second-order valence-corrected chi connectivity index (χ2v) is 5.62. The summed E-state index contributed by atoms with van der Waals surface area (Å²) in [6, 6.07) is 19.2. The van der Waals surface area contributed by atoms with Crippen molar-refractivity contribution >= 4 is 52.1 Å². The lowest BCUT2D eigenvalue weighted by Gasteiger charge is -2.12. The molecule has 0 bridgehead atoms. The minimum atomic E-state index is 0.0668. The molecule has 112 valence electrons. The number of aliphatic imine (C=N–C) groups is 1. The molecule has 0 spiro atoms. The third-order valence-electron chi connectivity index (χ3n) is 2.60. The lowest BCUT2D eigenvalue weighted by Crippen LogP contribution is -2.34. The standard InChI is InChI=1S/C16H13Cl2N3S/c17-14(18)11-19-15(12-7-3-1-4-8-12)21-16(22)20-13-9-5-2-6-10-13/h1-11H,(H2,19,20,21,22). The minimum Gasteiger partial charge on any atom is -0.332 e. The first kappa shape index (κ1) is 16.5. The molecule has 2 rings (SSSR count). The molecule has 2 N–H and O–H groups in total. The number of benzene rings is 2. The molecule has 0 amide bonds. The zero-order chi connectivity index (χ0) is 15.8. The number of amidine groups is 1. The molecule has 0 atom stereocenters. The second-order valence-electron chi connectivity index (χ2n) is 4.21. The molecule has 3 nitrogen and oxygen atoms in total. The summed E-state index contributed by atoms with van der Waals surface area (Å²) in [5.41, 5.74) is 1.75. The molecule has 0 radical (unpaired) electrons. The van der Waals surface area contributed by atoms with E-state index in [1.807, 2.05) is 60.7 Å². The van der Waals surface area contributed by atoms with Crippen LogP contribution in [0.3, 0.4) is 0 Å². The van der Waals surface area contributed by atoms with Gasteiger partial charge in [0.1, 0.15) is 10.3 Å². The van der Waals surface area contributed by atoms with Crippen molar-refractivity contribution in [2.24, 2.45) is 4.99 Å². The van der Waals surface area contributed by atoms with Crippen molar-refractivity contribution in [3.63, 3.8) is 0 Å². The molecular weight excluding hydrogens is 337 g/mol. The van der Waals surface area contributed by atoms with Gasteiger partial charge in [-0.15, -0.1) is 0 Å². The number of thiocarbonyl (C=S) groups is 1. The van der Waals surface area contributed by atoms with Gasteiger partial charge in [-0.05, 0) is 24.4 Å². The summed E-state index contributed by atoms with van der Waals surface area (Å²) in [5, 5.41) is 6.55. The van der Waals surface area contributed by atoms with E-state index in [2.05, 4.69) is 15.6 Å². The quantitative estimate of drug-likeness (QED) is 0.479. The monoisotopic (exact) mass is 349 g/mol. The molecule has 0 fully saturated rings. The van der Waals surface area contributed by atoms with Crippen LogP contribution in [0.1, 0.15) is 5.56 Å². The van der Waals surface area contributed by atoms with Gasteiger partial charge in [-0.3, -0.25) is 0 Å². The molecule has 0 saturated heterocycles. The van der Waals surface area contributed by atoms with Crippen LogP contribution in [0.15, 0.2) is 76.3 Å². The predicted octanol–water partition coefficient (Wildman–Crippen LogP) is 4.70. The number of hydrogen-bond donors (Lipinski definition) is 2. The Balaban J connectivity index is 2.15. The fourth-order valence-electron chi connectivity index (χ4n) is 1.68. The number of para-hydroxylation sites is 1. The van der Waals surface area contributed by atoms with Crippen molar-refractivity contribution in [1.82, 2.24) is 5.32 Å². The average molecular weight is 350 g/mol. The van der Waals surface area contributed by atoms with Gasteiger partial charge in [-0.1, -0.05) is 71.7 Å². The Labute approximate surface area is 144 Å². The Bertz CT molecular complexity index is 681. The van der Waals surface area contributed by atoms with E-state index < -0.39 is 0 Å². The van der Waals surface area contributed by atoms with Crippen molar-refractivity contribution in [1.29, 1.82) is 0 Å². The van der Waals surface area contributed by atoms with Gasteiger partial charge in [0.05, 0.1) is 6.20 Å². The Morgan fingerprint density at radius 2 is 1.55 bits per heavy atom. The van der Waals surface area contributed by atoms with E-state index in [4.69, 9.17) is 35.4 Å². The van der Waals surface area contributed by atoms with Crippen LogP contribution in [0, 0.1) is 0 Å². The Hall–Kier alpha value is -1.88. The number of hydrogen-bond acceptors (Lipinski definition) is 2. The van der Waals surface area contributed by atoms with Gasteiger partial charge in [0, 0.05) is 11.3 Å². The molecule has 0 saturated carbocycles. The Morgan fingerprint density at radius 1 is 0.955 bits per heavy atom. The van der Waals surface area contributed by atoms with E-state index >= 15 is 0 Å². The smallest absolute Gasteiger partial charge is 0.176 e. The lowest BCUT2D eigenvalue weighted by atomic mass is 10.2. The van der Waals surface area contributed by atoms with Gasteiger partial charge in [-0.25, -0.2) is 4.99 Å². The van der Waals surface area contributed by atoms with Crippen LogP contribution < -0.4 is 10.6 Å². The van der Waals surface area contributed by atoms with Crippen LogP contribution in [0.5, 0.6) is 0 Å². The van der Waals surface area contributed by atoms with Crippen LogP contribution in [0.25, 0.3) is 0 Å². The normalized spacial score (nSPS) is 10.7. The van der Waals surface area contributed by atoms with Crippen molar-refractivity contribution in [3.8, 4) is 0 Å². The number of nitrogens with zero attached hydrogens (tertiary/aromatic N) is 1. The number of halogens is 2. The highest BCUT2D eigenvalue weighted by atomic mass is 35.5. The van der Waals surface area contributed by atoms with E-state index in [0.29, 0.717) is 10.9 Å². The van der Waals surface area contributed by atoms with Crippen LogP contribution in [0.4, 0.5) is 5.69 Å². The summed E-state index contributed by atoms with van der Waals surface area (Å²) >= 11 is 16.5. The zero-order valence-electron chi connectivity index (χ0n) is 11.5. The molecule has 0 aliphatic rings. The molecule has 0 unspecified atom stereocenters. The molecule has 0 aliphatic carbocycles. The Kier molecular flexibility index (Phi) is 6.40. The predicted molar refractivity (Wildman–Crippen MR) is 98.6 cm³/mol. The van der Waals surface area contributed by atoms with E-state index in [1.54, 1.807) is 0 Å². The first-order valence-electron chi connectivity index (χ1n) is 6.42. The number of anilines is 1. The van der Waals surface area contributed by atoms with Gasteiger partial charge in [0.2, 0.25) is 0 Å². The molecule has 0 aliphatic heterocycles. The van der Waals surface area contributed by atoms with E-state index in [9.17, 15) is 0 Å². The molecule has 2 aromatic carbocycles. The van der Waals surface area contributed by atoms with Gasteiger partial charge < -0.3 is 10.6 Å². The van der Waals surface area contributed by atoms with Gasteiger partial charge in [0.25, 0.3) is 0 Å². The van der Waals surface area contributed by atoms with E-state index in [-0.39, 0.29) is 4.49 Å². The summed E-state index contributed by atoms with van der Waals surface area (Å²) < 4.78 is 0.0668. The van der Waals surface area contributed by atoms with E-state index in [1.165, 1.54) is 6.20 Å². The van der Waals surface area contributed by atoms with Crippen LogP contribution in [-0.2, 0) is 0 Å². The van der Waals surface area contributed by atoms with Crippen molar-refractivity contribution in [2.75, 3.05) is 5.32 Å². The third-order valence-corrected chi connectivity index (χ3v) is 3.00. The number of rotatable bonds is 3. The van der Waals surface area contributed by atoms with Crippen LogP contribution >= 0.6 is 35.4 Å². The SMILES string of the molecule is S=C(NC(=NC=C(Cl)Cl)c1ccccc1)Nc1ccccc1. The highest BCUT2D eigenvalue weighted by molar-refractivity contribution is 7.80. The first-order valence-corrected chi connectivity index (χ1v) is 7.59. The highest BCUT2D eigenvalue weighted by Gasteiger charge is 2.05. The third kappa shape index (κ3) is 5.48. The second kappa shape index (κ2) is 8.54. The maximum Gasteiger partial charge on any atom is 0.176 e.